The van der Waals surface area contributed by atoms with Gasteiger partial charge in [0.1, 0.15) is 5.75 Å². The molecule has 23 heavy (non-hydrogen) atoms. The highest BCUT2D eigenvalue weighted by Crippen LogP contribution is 2.20. The molecule has 6 heteroatoms. The number of hydrogen-bond acceptors (Lipinski definition) is 4. The summed E-state index contributed by atoms with van der Waals surface area (Å²) < 4.78 is 5.12. The molecular weight excluding hydrogens is 294 g/mol. The highest BCUT2D eigenvalue weighted by molar-refractivity contribution is 5.94. The minimum Gasteiger partial charge on any atom is -0.497 e. The number of benzene rings is 1. The number of carbonyl (C=O) groups excluding carboxylic acids is 2. The SMILES string of the molecule is COc1ccc(C(=O)N2CCCCC2CNC(=O)CCN)cc1. The van der Waals surface area contributed by atoms with Crippen LogP contribution in [0.4, 0.5) is 0 Å². The number of likely N-dealkylation sites (tertiary alicyclic amines) is 1. The number of carbonyl (C=O) groups is 2. The second-order valence-corrected chi connectivity index (χ2v) is 5.72. The van der Waals surface area contributed by atoms with Crippen LogP contribution in [-0.4, -0.2) is 49.5 Å². The summed E-state index contributed by atoms with van der Waals surface area (Å²) in [5.41, 5.74) is 6.02. The molecule has 2 amide bonds. The molecule has 1 heterocycles. The first-order valence-corrected chi connectivity index (χ1v) is 8.07. The maximum absolute atomic E-state index is 12.7. The minimum absolute atomic E-state index is 0.00502. The fourth-order valence-corrected chi connectivity index (χ4v) is 2.83. The Morgan fingerprint density at radius 2 is 2.04 bits per heavy atom. The van der Waals surface area contributed by atoms with E-state index in [4.69, 9.17) is 10.5 Å². The minimum atomic E-state index is -0.0603. The van der Waals surface area contributed by atoms with Gasteiger partial charge in [0.05, 0.1) is 7.11 Å². The number of methoxy groups -OCH3 is 1. The number of nitrogens with one attached hydrogen (secondary N) is 1. The van der Waals surface area contributed by atoms with Crippen molar-refractivity contribution in [3.05, 3.63) is 29.8 Å². The van der Waals surface area contributed by atoms with Gasteiger partial charge in [0, 0.05) is 37.7 Å². The van der Waals surface area contributed by atoms with Crippen LogP contribution in [0.1, 0.15) is 36.0 Å². The summed E-state index contributed by atoms with van der Waals surface area (Å²) in [5.74, 6) is 0.672. The average Bonchev–Trinajstić information content (AvgIpc) is 2.60. The number of amides is 2. The van der Waals surface area contributed by atoms with Gasteiger partial charge >= 0.3 is 0 Å². The number of nitrogens with two attached hydrogens (primary N) is 1. The van der Waals surface area contributed by atoms with E-state index in [0.717, 1.165) is 31.6 Å². The van der Waals surface area contributed by atoms with Gasteiger partial charge in [-0.25, -0.2) is 0 Å². The van der Waals surface area contributed by atoms with E-state index in [1.807, 2.05) is 4.90 Å². The largest absolute Gasteiger partial charge is 0.497 e. The van der Waals surface area contributed by atoms with Crippen LogP contribution in [0.15, 0.2) is 24.3 Å². The number of rotatable bonds is 6. The molecule has 3 N–H and O–H groups in total. The normalized spacial score (nSPS) is 17.7. The number of piperidine rings is 1. The maximum atomic E-state index is 12.7. The molecule has 1 aliphatic rings. The van der Waals surface area contributed by atoms with E-state index >= 15 is 0 Å². The molecule has 6 nitrogen and oxygen atoms in total. The van der Waals surface area contributed by atoms with Crippen LogP contribution in [-0.2, 0) is 4.79 Å². The van der Waals surface area contributed by atoms with Gasteiger partial charge in [0.2, 0.25) is 5.91 Å². The molecule has 1 fully saturated rings. The maximum Gasteiger partial charge on any atom is 0.254 e. The van der Waals surface area contributed by atoms with Gasteiger partial charge in [0.25, 0.3) is 5.91 Å². The Bertz CT molecular complexity index is 530. The van der Waals surface area contributed by atoms with Gasteiger partial charge in [-0.05, 0) is 43.5 Å². The summed E-state index contributed by atoms with van der Waals surface area (Å²) >= 11 is 0. The molecule has 1 aromatic carbocycles. The van der Waals surface area contributed by atoms with Gasteiger partial charge in [-0.3, -0.25) is 9.59 Å². The second-order valence-electron chi connectivity index (χ2n) is 5.72. The molecule has 0 aliphatic carbocycles. The highest BCUT2D eigenvalue weighted by atomic mass is 16.5. The molecule has 1 saturated heterocycles. The zero-order valence-electron chi connectivity index (χ0n) is 13.6. The van der Waals surface area contributed by atoms with Crippen LogP contribution in [0.25, 0.3) is 0 Å². The molecule has 1 atom stereocenters. The number of nitrogens with zero attached hydrogens (tertiary/aromatic N) is 1. The smallest absolute Gasteiger partial charge is 0.254 e. The third-order valence-corrected chi connectivity index (χ3v) is 4.13. The van der Waals surface area contributed by atoms with Gasteiger partial charge < -0.3 is 20.7 Å². The van der Waals surface area contributed by atoms with Gasteiger partial charge in [-0.2, -0.15) is 0 Å². The summed E-state index contributed by atoms with van der Waals surface area (Å²) in [5, 5.41) is 2.88. The summed E-state index contributed by atoms with van der Waals surface area (Å²) in [7, 11) is 1.60. The Balaban J connectivity index is 2.01. The predicted octanol–water partition coefficient (Wildman–Crippen LogP) is 1.15. The van der Waals surface area contributed by atoms with Crippen molar-refractivity contribution in [2.75, 3.05) is 26.7 Å². The van der Waals surface area contributed by atoms with Crippen LogP contribution in [0.2, 0.25) is 0 Å². The van der Waals surface area contributed by atoms with Crippen LogP contribution in [0.5, 0.6) is 5.75 Å². The van der Waals surface area contributed by atoms with E-state index in [1.54, 1.807) is 31.4 Å². The first-order valence-electron chi connectivity index (χ1n) is 8.07. The molecule has 1 aliphatic heterocycles. The Hall–Kier alpha value is -2.08. The zero-order chi connectivity index (χ0) is 16.7. The Morgan fingerprint density at radius 1 is 1.30 bits per heavy atom. The lowest BCUT2D eigenvalue weighted by Crippen LogP contribution is -2.49. The number of hydrogen-bond donors (Lipinski definition) is 2. The van der Waals surface area contributed by atoms with Crippen molar-refractivity contribution in [1.29, 1.82) is 0 Å². The molecule has 0 radical (unpaired) electrons. The lowest BCUT2D eigenvalue weighted by Gasteiger charge is -2.36. The molecule has 0 bridgehead atoms. The zero-order valence-corrected chi connectivity index (χ0v) is 13.6. The van der Waals surface area contributed by atoms with Crippen molar-refractivity contribution in [1.82, 2.24) is 10.2 Å². The van der Waals surface area contributed by atoms with Crippen molar-refractivity contribution in [2.45, 2.75) is 31.7 Å². The lowest BCUT2D eigenvalue weighted by atomic mass is 10.0. The summed E-state index contributed by atoms with van der Waals surface area (Å²) in [4.78, 5) is 26.2. The molecule has 1 unspecified atom stereocenters. The second kappa shape index (κ2) is 8.53. The summed E-state index contributed by atoms with van der Waals surface area (Å²) in [6, 6.07) is 7.17. The Labute approximate surface area is 137 Å². The quantitative estimate of drug-likeness (QED) is 0.824. The van der Waals surface area contributed by atoms with Crippen molar-refractivity contribution >= 4 is 11.8 Å². The standard InChI is InChI=1S/C17H25N3O3/c1-23-15-7-5-13(6-8-15)17(22)20-11-3-2-4-14(20)12-19-16(21)9-10-18/h5-8,14H,2-4,9-12,18H2,1H3,(H,19,21). The third kappa shape index (κ3) is 4.69. The van der Waals surface area contributed by atoms with Crippen molar-refractivity contribution < 1.29 is 14.3 Å². The molecule has 2 rings (SSSR count). The molecule has 0 saturated carbocycles. The third-order valence-electron chi connectivity index (χ3n) is 4.13. The van der Waals surface area contributed by atoms with E-state index in [1.165, 1.54) is 0 Å². The monoisotopic (exact) mass is 319 g/mol. The van der Waals surface area contributed by atoms with Crippen molar-refractivity contribution in [2.24, 2.45) is 5.73 Å². The molecule has 0 aromatic heterocycles. The Morgan fingerprint density at radius 3 is 2.70 bits per heavy atom. The predicted molar refractivity (Wildman–Crippen MR) is 88.4 cm³/mol. The lowest BCUT2D eigenvalue weighted by molar-refractivity contribution is -0.121. The first-order chi connectivity index (χ1) is 11.2. The number of ether oxygens (including phenoxy) is 1. The van der Waals surface area contributed by atoms with E-state index in [-0.39, 0.29) is 17.9 Å². The van der Waals surface area contributed by atoms with E-state index in [0.29, 0.717) is 25.1 Å². The van der Waals surface area contributed by atoms with Crippen LogP contribution in [0, 0.1) is 0 Å². The summed E-state index contributed by atoms with van der Waals surface area (Å²) in [6.45, 7) is 1.55. The van der Waals surface area contributed by atoms with E-state index < -0.39 is 0 Å². The van der Waals surface area contributed by atoms with Gasteiger partial charge in [-0.1, -0.05) is 0 Å². The first kappa shape index (κ1) is 17.3. The van der Waals surface area contributed by atoms with Crippen LogP contribution < -0.4 is 15.8 Å². The summed E-state index contributed by atoms with van der Waals surface area (Å²) in [6.07, 6.45) is 3.29. The van der Waals surface area contributed by atoms with E-state index in [9.17, 15) is 9.59 Å². The van der Waals surface area contributed by atoms with Crippen LogP contribution in [0.3, 0.4) is 0 Å². The molecule has 1 aromatic rings. The highest BCUT2D eigenvalue weighted by Gasteiger charge is 2.27. The van der Waals surface area contributed by atoms with E-state index in [2.05, 4.69) is 5.32 Å². The molecule has 126 valence electrons. The molecule has 0 spiro atoms. The van der Waals surface area contributed by atoms with Crippen molar-refractivity contribution in [3.8, 4) is 5.75 Å². The Kier molecular flexibility index (Phi) is 6.40. The molecular formula is C17H25N3O3. The fourth-order valence-electron chi connectivity index (χ4n) is 2.83. The van der Waals surface area contributed by atoms with Crippen LogP contribution >= 0.6 is 0 Å². The van der Waals surface area contributed by atoms with Gasteiger partial charge in [-0.15, -0.1) is 0 Å². The van der Waals surface area contributed by atoms with Crippen molar-refractivity contribution in [3.63, 3.8) is 0 Å². The fraction of sp³-hybridized carbons (Fsp3) is 0.529. The topological polar surface area (TPSA) is 84.7 Å². The average molecular weight is 319 g/mol. The van der Waals surface area contributed by atoms with Gasteiger partial charge in [0.15, 0.2) is 0 Å².